The van der Waals surface area contributed by atoms with Gasteiger partial charge in [-0.05, 0) is 24.7 Å². The molecule has 0 spiro atoms. The van der Waals surface area contributed by atoms with Crippen molar-refractivity contribution < 1.29 is 0 Å². The SMILES string of the molecule is CC(CC#N)C(CCCCC#N)CCCCC#N. The maximum Gasteiger partial charge on any atom is 0.0624 e. The maximum atomic E-state index is 8.77. The molecule has 0 rings (SSSR count). The zero-order chi connectivity index (χ0) is 13.6. The van der Waals surface area contributed by atoms with Crippen molar-refractivity contribution in [3.05, 3.63) is 0 Å². The third kappa shape index (κ3) is 8.60. The molecule has 3 heteroatoms. The largest absolute Gasteiger partial charge is 0.198 e. The Hall–Kier alpha value is -1.53. The monoisotopic (exact) mass is 245 g/mol. The van der Waals surface area contributed by atoms with Crippen LogP contribution in [0.5, 0.6) is 0 Å². The van der Waals surface area contributed by atoms with Crippen molar-refractivity contribution in [2.75, 3.05) is 0 Å². The van der Waals surface area contributed by atoms with Gasteiger partial charge in [0.1, 0.15) is 0 Å². The molecule has 98 valence electrons. The van der Waals surface area contributed by atoms with Gasteiger partial charge in [0.15, 0.2) is 0 Å². The zero-order valence-corrected chi connectivity index (χ0v) is 11.4. The molecule has 0 aromatic carbocycles. The fourth-order valence-corrected chi connectivity index (χ4v) is 2.25. The number of hydrogen-bond donors (Lipinski definition) is 0. The minimum absolute atomic E-state index is 0.430. The molecule has 0 radical (unpaired) electrons. The van der Waals surface area contributed by atoms with Gasteiger partial charge < -0.3 is 0 Å². The van der Waals surface area contributed by atoms with Crippen molar-refractivity contribution in [1.29, 1.82) is 15.8 Å². The second kappa shape index (κ2) is 11.9. The molecule has 0 aliphatic rings. The first-order valence-corrected chi connectivity index (χ1v) is 6.87. The lowest BCUT2D eigenvalue weighted by Gasteiger charge is -2.21. The molecule has 0 N–H and O–H groups in total. The van der Waals surface area contributed by atoms with E-state index in [0.717, 1.165) is 38.5 Å². The van der Waals surface area contributed by atoms with Crippen LogP contribution in [0.1, 0.15) is 64.7 Å². The molecule has 3 nitrogen and oxygen atoms in total. The molecule has 18 heavy (non-hydrogen) atoms. The predicted octanol–water partition coefficient (Wildman–Crippen LogP) is 4.32. The molecule has 0 bridgehead atoms. The highest BCUT2D eigenvalue weighted by Gasteiger charge is 2.16. The molecule has 0 aromatic rings. The summed E-state index contributed by atoms with van der Waals surface area (Å²) in [5, 5.41) is 25.8. The third-order valence-corrected chi connectivity index (χ3v) is 3.44. The van der Waals surface area contributed by atoms with Gasteiger partial charge in [0.2, 0.25) is 0 Å². The maximum absolute atomic E-state index is 8.77. The Labute approximate surface area is 111 Å². The van der Waals surface area contributed by atoms with Crippen LogP contribution < -0.4 is 0 Å². The number of rotatable bonds is 10. The lowest BCUT2D eigenvalue weighted by molar-refractivity contribution is 0.302. The zero-order valence-electron chi connectivity index (χ0n) is 11.4. The van der Waals surface area contributed by atoms with Gasteiger partial charge in [-0.25, -0.2) is 0 Å². The van der Waals surface area contributed by atoms with Crippen LogP contribution in [0.4, 0.5) is 0 Å². The molecule has 0 saturated heterocycles. The first-order valence-electron chi connectivity index (χ1n) is 6.87. The van der Waals surface area contributed by atoms with Gasteiger partial charge in [-0.15, -0.1) is 0 Å². The van der Waals surface area contributed by atoms with Crippen LogP contribution in [0.15, 0.2) is 0 Å². The van der Waals surface area contributed by atoms with E-state index in [-0.39, 0.29) is 0 Å². The standard InChI is InChI=1S/C15H23N3/c1-14(10-13-18)15(8-4-2-6-11-16)9-5-3-7-12-17/h14-15H,2-10H2,1H3. The highest BCUT2D eigenvalue weighted by atomic mass is 14.3. The number of nitrogens with zero attached hydrogens (tertiary/aromatic N) is 3. The first-order chi connectivity index (χ1) is 8.76. The van der Waals surface area contributed by atoms with Crippen LogP contribution in [0.3, 0.4) is 0 Å². The highest BCUT2D eigenvalue weighted by molar-refractivity contribution is 4.79. The van der Waals surface area contributed by atoms with Crippen molar-refractivity contribution in [1.82, 2.24) is 0 Å². The Morgan fingerprint density at radius 2 is 1.28 bits per heavy atom. The summed E-state index contributed by atoms with van der Waals surface area (Å²) in [6.45, 7) is 2.14. The van der Waals surface area contributed by atoms with E-state index in [1.165, 1.54) is 0 Å². The number of hydrogen-bond acceptors (Lipinski definition) is 3. The molecule has 0 aliphatic heterocycles. The van der Waals surface area contributed by atoms with Crippen LogP contribution >= 0.6 is 0 Å². The average Bonchev–Trinajstić information content (AvgIpc) is 2.37. The molecule has 0 heterocycles. The molecule has 0 aromatic heterocycles. The smallest absolute Gasteiger partial charge is 0.0624 e. The Bertz CT molecular complexity index is 294. The minimum Gasteiger partial charge on any atom is -0.198 e. The van der Waals surface area contributed by atoms with E-state index < -0.39 is 0 Å². The lowest BCUT2D eigenvalue weighted by Crippen LogP contribution is -2.11. The summed E-state index contributed by atoms with van der Waals surface area (Å²) in [5.74, 6) is 1.00. The Kier molecular flexibility index (Phi) is 10.9. The van der Waals surface area contributed by atoms with Gasteiger partial charge >= 0.3 is 0 Å². The van der Waals surface area contributed by atoms with Gasteiger partial charge in [0.25, 0.3) is 0 Å². The molecule has 0 aliphatic carbocycles. The highest BCUT2D eigenvalue weighted by Crippen LogP contribution is 2.27. The van der Waals surface area contributed by atoms with E-state index in [0.29, 0.717) is 31.1 Å². The molecular weight excluding hydrogens is 222 g/mol. The quantitative estimate of drug-likeness (QED) is 0.538. The van der Waals surface area contributed by atoms with Crippen molar-refractivity contribution in [2.24, 2.45) is 11.8 Å². The molecule has 1 unspecified atom stereocenters. The van der Waals surface area contributed by atoms with E-state index >= 15 is 0 Å². The van der Waals surface area contributed by atoms with Crippen LogP contribution in [-0.4, -0.2) is 0 Å². The predicted molar refractivity (Wildman–Crippen MR) is 71.0 cm³/mol. The molecule has 0 amide bonds. The van der Waals surface area contributed by atoms with Crippen LogP contribution in [-0.2, 0) is 0 Å². The van der Waals surface area contributed by atoms with E-state index in [9.17, 15) is 0 Å². The first kappa shape index (κ1) is 16.5. The van der Waals surface area contributed by atoms with Crippen molar-refractivity contribution in [3.63, 3.8) is 0 Å². The Morgan fingerprint density at radius 1 is 0.778 bits per heavy atom. The third-order valence-electron chi connectivity index (χ3n) is 3.44. The van der Waals surface area contributed by atoms with Crippen molar-refractivity contribution in [3.8, 4) is 18.2 Å². The Balaban J connectivity index is 3.97. The number of nitriles is 3. The van der Waals surface area contributed by atoms with Gasteiger partial charge in [-0.1, -0.05) is 32.6 Å². The molecular formula is C15H23N3. The van der Waals surface area contributed by atoms with Crippen molar-refractivity contribution >= 4 is 0 Å². The molecule has 1 atom stereocenters. The summed E-state index contributed by atoms with van der Waals surface area (Å²) in [6, 6.07) is 6.58. The Morgan fingerprint density at radius 3 is 1.67 bits per heavy atom. The van der Waals surface area contributed by atoms with Gasteiger partial charge in [-0.2, -0.15) is 15.8 Å². The van der Waals surface area contributed by atoms with E-state index in [2.05, 4.69) is 25.1 Å². The summed E-state index contributed by atoms with van der Waals surface area (Å²) in [6.07, 6.45) is 8.17. The topological polar surface area (TPSA) is 71.4 Å². The summed E-state index contributed by atoms with van der Waals surface area (Å²) in [5.41, 5.74) is 0. The summed E-state index contributed by atoms with van der Waals surface area (Å²) in [7, 11) is 0. The average molecular weight is 245 g/mol. The normalized spacial score (nSPS) is 11.5. The van der Waals surface area contributed by atoms with E-state index in [1.807, 2.05) is 0 Å². The van der Waals surface area contributed by atoms with Gasteiger partial charge in [0.05, 0.1) is 18.2 Å². The summed E-state index contributed by atoms with van der Waals surface area (Å²) < 4.78 is 0. The summed E-state index contributed by atoms with van der Waals surface area (Å²) in [4.78, 5) is 0. The minimum atomic E-state index is 0.430. The lowest BCUT2D eigenvalue weighted by atomic mass is 9.83. The van der Waals surface area contributed by atoms with Gasteiger partial charge in [0, 0.05) is 19.3 Å². The van der Waals surface area contributed by atoms with E-state index in [4.69, 9.17) is 15.8 Å². The second-order valence-electron chi connectivity index (χ2n) is 4.91. The van der Waals surface area contributed by atoms with Crippen LogP contribution in [0, 0.1) is 45.8 Å². The molecule has 0 fully saturated rings. The van der Waals surface area contributed by atoms with Crippen LogP contribution in [0.2, 0.25) is 0 Å². The fraction of sp³-hybridized carbons (Fsp3) is 0.800. The molecule has 0 saturated carbocycles. The van der Waals surface area contributed by atoms with Gasteiger partial charge in [-0.3, -0.25) is 0 Å². The second-order valence-corrected chi connectivity index (χ2v) is 4.91. The van der Waals surface area contributed by atoms with E-state index in [1.54, 1.807) is 0 Å². The van der Waals surface area contributed by atoms with Crippen LogP contribution in [0.25, 0.3) is 0 Å². The fourth-order valence-electron chi connectivity index (χ4n) is 2.25. The van der Waals surface area contributed by atoms with Crippen molar-refractivity contribution in [2.45, 2.75) is 64.7 Å². The summed E-state index contributed by atoms with van der Waals surface area (Å²) >= 11 is 0. The number of unbranched alkanes of at least 4 members (excludes halogenated alkanes) is 4.